The summed E-state index contributed by atoms with van der Waals surface area (Å²) in [5.74, 6) is -0.886. The molecule has 1 unspecified atom stereocenters. The van der Waals surface area contributed by atoms with Crippen LogP contribution in [0, 0.1) is 12.8 Å². The summed E-state index contributed by atoms with van der Waals surface area (Å²) in [6.45, 7) is 3.57. The number of aryl methyl sites for hydroxylation is 1. The van der Waals surface area contributed by atoms with Crippen LogP contribution in [0.3, 0.4) is 0 Å². The predicted molar refractivity (Wildman–Crippen MR) is 89.2 cm³/mol. The van der Waals surface area contributed by atoms with Crippen molar-refractivity contribution in [1.82, 2.24) is 9.88 Å². The zero-order chi connectivity index (χ0) is 16.2. The maximum Gasteiger partial charge on any atom is 0.306 e. The number of pyridine rings is 1. The first-order valence-corrected chi connectivity index (χ1v) is 8.10. The molecule has 1 atom stereocenters. The second-order valence-electron chi connectivity index (χ2n) is 6.17. The van der Waals surface area contributed by atoms with Gasteiger partial charge in [0, 0.05) is 5.69 Å². The third kappa shape index (κ3) is 3.59. The van der Waals surface area contributed by atoms with Crippen LogP contribution in [0.5, 0.6) is 0 Å². The van der Waals surface area contributed by atoms with Gasteiger partial charge in [-0.1, -0.05) is 36.4 Å². The molecule has 1 fully saturated rings. The van der Waals surface area contributed by atoms with Gasteiger partial charge in [0.2, 0.25) is 0 Å². The van der Waals surface area contributed by atoms with Gasteiger partial charge in [0.1, 0.15) is 0 Å². The highest BCUT2D eigenvalue weighted by atomic mass is 16.4. The molecule has 4 nitrogen and oxygen atoms in total. The summed E-state index contributed by atoms with van der Waals surface area (Å²) in [6.07, 6.45) is 1.40. The molecule has 2 heterocycles. The Kier molecular flexibility index (Phi) is 4.72. The highest BCUT2D eigenvalue weighted by Crippen LogP contribution is 2.31. The zero-order valence-corrected chi connectivity index (χ0v) is 13.4. The Bertz CT molecular complexity index is 664. The predicted octanol–water partition coefficient (Wildman–Crippen LogP) is 3.28. The van der Waals surface area contributed by atoms with Gasteiger partial charge in [-0.15, -0.1) is 0 Å². The minimum Gasteiger partial charge on any atom is -0.481 e. The quantitative estimate of drug-likeness (QED) is 0.941. The van der Waals surface area contributed by atoms with E-state index in [1.807, 2.05) is 37.3 Å². The van der Waals surface area contributed by atoms with E-state index in [9.17, 15) is 9.90 Å². The van der Waals surface area contributed by atoms with Crippen LogP contribution in [0.1, 0.15) is 35.8 Å². The molecular weight excluding hydrogens is 288 g/mol. The average Bonchev–Trinajstić information content (AvgIpc) is 2.57. The lowest BCUT2D eigenvalue weighted by molar-refractivity contribution is -0.143. The molecule has 0 aliphatic carbocycles. The Balaban J connectivity index is 1.89. The number of carboxylic acid groups (broad SMARTS) is 1. The number of carbonyl (C=O) groups is 1. The SMILES string of the molecule is Cc1cccc(C(c2ccccc2)N2CCC(C(=O)O)CC2)n1. The molecule has 0 saturated carbocycles. The highest BCUT2D eigenvalue weighted by Gasteiger charge is 2.30. The number of carboxylic acids is 1. The van der Waals surface area contributed by atoms with Crippen LogP contribution in [-0.2, 0) is 4.79 Å². The fraction of sp³-hybridized carbons (Fsp3) is 0.368. The molecule has 1 aromatic heterocycles. The molecule has 0 amide bonds. The van der Waals surface area contributed by atoms with Gasteiger partial charge in [0.25, 0.3) is 0 Å². The minimum atomic E-state index is -0.672. The molecule has 0 spiro atoms. The number of hydrogen-bond donors (Lipinski definition) is 1. The molecule has 120 valence electrons. The van der Waals surface area contributed by atoms with Crippen molar-refractivity contribution in [2.75, 3.05) is 13.1 Å². The van der Waals surface area contributed by atoms with Gasteiger partial charge in [-0.2, -0.15) is 0 Å². The summed E-state index contributed by atoms with van der Waals surface area (Å²) in [5, 5.41) is 9.20. The number of likely N-dealkylation sites (tertiary alicyclic amines) is 1. The largest absolute Gasteiger partial charge is 0.481 e. The Morgan fingerprint density at radius 3 is 2.43 bits per heavy atom. The van der Waals surface area contributed by atoms with Crippen molar-refractivity contribution in [3.63, 3.8) is 0 Å². The number of aromatic nitrogens is 1. The number of benzene rings is 1. The van der Waals surface area contributed by atoms with Crippen molar-refractivity contribution >= 4 is 5.97 Å². The summed E-state index contributed by atoms with van der Waals surface area (Å²) in [5.41, 5.74) is 3.24. The Morgan fingerprint density at radius 2 is 1.83 bits per heavy atom. The second kappa shape index (κ2) is 6.92. The summed E-state index contributed by atoms with van der Waals surface area (Å²) in [7, 11) is 0. The van der Waals surface area contributed by atoms with E-state index >= 15 is 0 Å². The molecule has 0 radical (unpaired) electrons. The van der Waals surface area contributed by atoms with Gasteiger partial charge < -0.3 is 5.11 Å². The fourth-order valence-electron chi connectivity index (χ4n) is 3.32. The van der Waals surface area contributed by atoms with Crippen LogP contribution in [0.15, 0.2) is 48.5 Å². The summed E-state index contributed by atoms with van der Waals surface area (Å²) in [4.78, 5) is 18.3. The highest BCUT2D eigenvalue weighted by molar-refractivity contribution is 5.70. The second-order valence-corrected chi connectivity index (χ2v) is 6.17. The van der Waals surface area contributed by atoms with Crippen molar-refractivity contribution in [3.8, 4) is 0 Å². The van der Waals surface area contributed by atoms with Gasteiger partial charge in [0.15, 0.2) is 0 Å². The van der Waals surface area contributed by atoms with E-state index in [1.54, 1.807) is 0 Å². The maximum atomic E-state index is 11.2. The van der Waals surface area contributed by atoms with Crippen LogP contribution in [0.25, 0.3) is 0 Å². The van der Waals surface area contributed by atoms with Gasteiger partial charge in [0.05, 0.1) is 17.7 Å². The van der Waals surface area contributed by atoms with Gasteiger partial charge >= 0.3 is 5.97 Å². The number of aliphatic carboxylic acids is 1. The molecule has 0 bridgehead atoms. The van der Waals surface area contributed by atoms with Gasteiger partial charge in [-0.25, -0.2) is 0 Å². The van der Waals surface area contributed by atoms with E-state index in [1.165, 1.54) is 5.56 Å². The Morgan fingerprint density at radius 1 is 1.13 bits per heavy atom. The fourth-order valence-corrected chi connectivity index (χ4v) is 3.32. The summed E-state index contributed by atoms with van der Waals surface area (Å²) >= 11 is 0. The molecule has 1 aromatic carbocycles. The number of nitrogens with zero attached hydrogens (tertiary/aromatic N) is 2. The van der Waals surface area contributed by atoms with Crippen molar-refractivity contribution in [2.45, 2.75) is 25.8 Å². The minimum absolute atomic E-state index is 0.0887. The number of piperidine rings is 1. The lowest BCUT2D eigenvalue weighted by atomic mass is 9.93. The first-order chi connectivity index (χ1) is 11.1. The van der Waals surface area contributed by atoms with E-state index in [-0.39, 0.29) is 12.0 Å². The maximum absolute atomic E-state index is 11.2. The molecule has 23 heavy (non-hydrogen) atoms. The van der Waals surface area contributed by atoms with Crippen molar-refractivity contribution in [1.29, 1.82) is 0 Å². The topological polar surface area (TPSA) is 53.4 Å². The molecule has 2 aromatic rings. The third-order valence-corrected chi connectivity index (χ3v) is 4.55. The molecule has 1 aliphatic heterocycles. The van der Waals surface area contributed by atoms with Crippen molar-refractivity contribution < 1.29 is 9.90 Å². The standard InChI is InChI=1S/C19H22N2O2/c1-14-6-5-9-17(20-14)18(15-7-3-2-4-8-15)21-12-10-16(11-13-21)19(22)23/h2-9,16,18H,10-13H2,1H3,(H,22,23). The first-order valence-electron chi connectivity index (χ1n) is 8.10. The summed E-state index contributed by atoms with van der Waals surface area (Å²) in [6, 6.07) is 16.5. The zero-order valence-electron chi connectivity index (χ0n) is 13.4. The molecule has 1 N–H and O–H groups in total. The smallest absolute Gasteiger partial charge is 0.306 e. The van der Waals surface area contributed by atoms with E-state index in [0.29, 0.717) is 12.8 Å². The van der Waals surface area contributed by atoms with E-state index in [4.69, 9.17) is 4.98 Å². The van der Waals surface area contributed by atoms with E-state index < -0.39 is 5.97 Å². The van der Waals surface area contributed by atoms with E-state index in [0.717, 1.165) is 24.5 Å². The molecular formula is C19H22N2O2. The third-order valence-electron chi connectivity index (χ3n) is 4.55. The van der Waals surface area contributed by atoms with Crippen LogP contribution in [0.4, 0.5) is 0 Å². The van der Waals surface area contributed by atoms with Gasteiger partial charge in [-0.3, -0.25) is 14.7 Å². The lowest BCUT2D eigenvalue weighted by Gasteiger charge is -2.36. The number of hydrogen-bond acceptors (Lipinski definition) is 3. The molecule has 1 saturated heterocycles. The van der Waals surface area contributed by atoms with Crippen LogP contribution in [0.2, 0.25) is 0 Å². The summed E-state index contributed by atoms with van der Waals surface area (Å²) < 4.78 is 0. The number of rotatable bonds is 4. The first kappa shape index (κ1) is 15.7. The van der Waals surface area contributed by atoms with Crippen LogP contribution < -0.4 is 0 Å². The van der Waals surface area contributed by atoms with Crippen LogP contribution >= 0.6 is 0 Å². The average molecular weight is 310 g/mol. The Labute approximate surface area is 136 Å². The van der Waals surface area contributed by atoms with Crippen molar-refractivity contribution in [3.05, 3.63) is 65.5 Å². The monoisotopic (exact) mass is 310 g/mol. The van der Waals surface area contributed by atoms with Gasteiger partial charge in [-0.05, 0) is 50.6 Å². The van der Waals surface area contributed by atoms with Crippen LogP contribution in [-0.4, -0.2) is 34.0 Å². The van der Waals surface area contributed by atoms with E-state index in [2.05, 4.69) is 23.1 Å². The molecule has 4 heteroatoms. The molecule has 3 rings (SSSR count). The Hall–Kier alpha value is -2.20. The molecule has 1 aliphatic rings. The van der Waals surface area contributed by atoms with Crippen molar-refractivity contribution in [2.24, 2.45) is 5.92 Å². The lowest BCUT2D eigenvalue weighted by Crippen LogP contribution is -2.39. The normalized spacial score (nSPS) is 17.8.